The van der Waals surface area contributed by atoms with Crippen molar-refractivity contribution in [1.29, 1.82) is 0 Å². The first-order chi connectivity index (χ1) is 35.5. The molecule has 0 amide bonds. The van der Waals surface area contributed by atoms with Crippen molar-refractivity contribution in [3.8, 4) is 0 Å². The van der Waals surface area contributed by atoms with E-state index < -0.39 is 6.10 Å². The molecule has 0 saturated carbocycles. The van der Waals surface area contributed by atoms with E-state index in [1.807, 2.05) is 0 Å². The van der Waals surface area contributed by atoms with Crippen molar-refractivity contribution < 1.29 is 28.6 Å². The van der Waals surface area contributed by atoms with Crippen LogP contribution in [0.4, 0.5) is 0 Å². The number of ether oxygens (including phenoxy) is 3. The second-order valence-electron chi connectivity index (χ2n) is 21.3. The number of unbranched alkanes of at least 4 members (excludes halogenated alkanes) is 39. The number of carbonyl (C=O) groups is 3. The minimum Gasteiger partial charge on any atom is -0.462 e. The highest BCUT2D eigenvalue weighted by Gasteiger charge is 2.19. The highest BCUT2D eigenvalue weighted by Crippen LogP contribution is 2.16. The Bertz CT molecular complexity index is 1250. The van der Waals surface area contributed by atoms with Crippen LogP contribution in [0, 0.1) is 0 Å². The molecule has 0 N–H and O–H groups in total. The van der Waals surface area contributed by atoms with E-state index in [0.717, 1.165) is 77.0 Å². The molecule has 0 aromatic carbocycles. The zero-order valence-electron chi connectivity index (χ0n) is 48.2. The lowest BCUT2D eigenvalue weighted by Crippen LogP contribution is -2.30. The minimum atomic E-state index is -0.781. The van der Waals surface area contributed by atoms with Crippen molar-refractivity contribution in [1.82, 2.24) is 0 Å². The van der Waals surface area contributed by atoms with Crippen LogP contribution >= 0.6 is 0 Å². The van der Waals surface area contributed by atoms with Gasteiger partial charge in [0.1, 0.15) is 13.2 Å². The van der Waals surface area contributed by atoms with Gasteiger partial charge in [-0.2, -0.15) is 0 Å². The number of rotatable bonds is 58. The Morgan fingerprint density at radius 2 is 0.514 bits per heavy atom. The highest BCUT2D eigenvalue weighted by atomic mass is 16.6. The van der Waals surface area contributed by atoms with Crippen LogP contribution in [0.2, 0.25) is 0 Å². The van der Waals surface area contributed by atoms with Crippen molar-refractivity contribution in [2.45, 2.75) is 341 Å². The first-order valence-electron chi connectivity index (χ1n) is 31.6. The van der Waals surface area contributed by atoms with Gasteiger partial charge in [-0.1, -0.05) is 268 Å². The van der Waals surface area contributed by atoms with Gasteiger partial charge in [0.2, 0.25) is 0 Å². The SMILES string of the molecule is CCCC/C=C\C/C=C\CCCCCCCC(=O)OCC(COC(=O)CCCCCCCCCCC/C=C\CCCCCCCCCC)OC(=O)CCCCCCCCCCC/C=C\CCCCCCCC. The van der Waals surface area contributed by atoms with Gasteiger partial charge in [-0.3, -0.25) is 14.4 Å². The van der Waals surface area contributed by atoms with E-state index in [1.165, 1.54) is 218 Å². The molecule has 0 saturated heterocycles. The monoisotopic (exact) mass is 1010 g/mol. The first kappa shape index (κ1) is 69.4. The van der Waals surface area contributed by atoms with Gasteiger partial charge in [-0.25, -0.2) is 0 Å². The summed E-state index contributed by atoms with van der Waals surface area (Å²) in [5.74, 6) is -0.878. The van der Waals surface area contributed by atoms with Crippen molar-refractivity contribution in [2.24, 2.45) is 0 Å². The smallest absolute Gasteiger partial charge is 0.306 e. The maximum absolute atomic E-state index is 12.9. The topological polar surface area (TPSA) is 78.9 Å². The third kappa shape index (κ3) is 58.3. The molecule has 0 aliphatic carbocycles. The van der Waals surface area contributed by atoms with Gasteiger partial charge in [0, 0.05) is 19.3 Å². The summed E-state index contributed by atoms with van der Waals surface area (Å²) in [6, 6.07) is 0. The van der Waals surface area contributed by atoms with Gasteiger partial charge in [0.25, 0.3) is 0 Å². The summed E-state index contributed by atoms with van der Waals surface area (Å²) in [5.41, 5.74) is 0. The van der Waals surface area contributed by atoms with Gasteiger partial charge in [0.05, 0.1) is 0 Å². The Morgan fingerprint density at radius 3 is 0.819 bits per heavy atom. The van der Waals surface area contributed by atoms with E-state index in [-0.39, 0.29) is 31.1 Å². The molecule has 0 aliphatic heterocycles. The normalized spacial score (nSPS) is 12.3. The zero-order valence-corrected chi connectivity index (χ0v) is 48.2. The Kier molecular flexibility index (Phi) is 58.7. The highest BCUT2D eigenvalue weighted by molar-refractivity contribution is 5.71. The Balaban J connectivity index is 4.33. The molecule has 0 aliphatic rings. The first-order valence-corrected chi connectivity index (χ1v) is 31.6. The average molecular weight is 1010 g/mol. The van der Waals surface area contributed by atoms with E-state index in [1.54, 1.807) is 0 Å². The van der Waals surface area contributed by atoms with Crippen LogP contribution < -0.4 is 0 Å². The molecule has 0 heterocycles. The molecule has 6 nitrogen and oxygen atoms in total. The zero-order chi connectivity index (χ0) is 52.2. The fraction of sp³-hybridized carbons (Fsp3) is 0.833. The molecular weight excluding hydrogens is 889 g/mol. The fourth-order valence-corrected chi connectivity index (χ4v) is 9.22. The Hall–Kier alpha value is -2.63. The lowest BCUT2D eigenvalue weighted by atomic mass is 10.1. The predicted octanol–water partition coefficient (Wildman–Crippen LogP) is 21.4. The molecule has 0 aromatic rings. The van der Waals surface area contributed by atoms with Gasteiger partial charge >= 0.3 is 17.9 Å². The molecule has 0 rings (SSSR count). The molecule has 0 fully saturated rings. The van der Waals surface area contributed by atoms with Crippen LogP contribution in [0.15, 0.2) is 48.6 Å². The van der Waals surface area contributed by atoms with Crippen molar-refractivity contribution in [2.75, 3.05) is 13.2 Å². The quantitative estimate of drug-likeness (QED) is 0.0261. The molecule has 1 atom stereocenters. The largest absolute Gasteiger partial charge is 0.462 e. The molecule has 0 bridgehead atoms. The maximum Gasteiger partial charge on any atom is 0.306 e. The average Bonchev–Trinajstić information content (AvgIpc) is 3.38. The third-order valence-electron chi connectivity index (χ3n) is 14.0. The fourth-order valence-electron chi connectivity index (χ4n) is 9.22. The number of hydrogen-bond donors (Lipinski definition) is 0. The van der Waals surface area contributed by atoms with E-state index in [2.05, 4.69) is 69.4 Å². The number of hydrogen-bond acceptors (Lipinski definition) is 6. The summed E-state index contributed by atoms with van der Waals surface area (Å²) in [7, 11) is 0. The second kappa shape index (κ2) is 60.9. The summed E-state index contributed by atoms with van der Waals surface area (Å²) in [6.07, 6.45) is 75.4. The van der Waals surface area contributed by atoms with Crippen molar-refractivity contribution >= 4 is 17.9 Å². The van der Waals surface area contributed by atoms with Crippen LogP contribution in [-0.2, 0) is 28.6 Å². The summed E-state index contributed by atoms with van der Waals surface area (Å²) in [4.78, 5) is 38.3. The number of esters is 3. The molecule has 6 heteroatoms. The Labute approximate surface area is 448 Å². The standard InChI is InChI=1S/C66H120O6/c1-4-7-10-13-16-19-22-25-28-30-32-33-35-36-38-41-44-47-50-53-56-59-65(68)71-62-63(61-70-64(67)58-55-52-49-46-43-40-27-24-21-18-15-12-9-6-3)72-66(69)60-57-54-51-48-45-42-39-37-34-31-29-26-23-20-17-14-11-8-5-2/h15,18,24,26-27,29-30,32,63H,4-14,16-17,19-23,25,28,31,33-62H2,1-3H3/b18-15-,27-24-,29-26-,32-30-. The summed E-state index contributed by atoms with van der Waals surface area (Å²) in [6.45, 7) is 6.63. The van der Waals surface area contributed by atoms with E-state index in [4.69, 9.17) is 14.2 Å². The van der Waals surface area contributed by atoms with Gasteiger partial charge in [0.15, 0.2) is 6.10 Å². The molecular formula is C66H120O6. The van der Waals surface area contributed by atoms with E-state index in [9.17, 15) is 14.4 Å². The minimum absolute atomic E-state index is 0.0774. The number of allylic oxidation sites excluding steroid dienone is 8. The molecule has 72 heavy (non-hydrogen) atoms. The van der Waals surface area contributed by atoms with Crippen LogP contribution in [0.1, 0.15) is 335 Å². The summed E-state index contributed by atoms with van der Waals surface area (Å²) < 4.78 is 16.9. The van der Waals surface area contributed by atoms with Gasteiger partial charge in [-0.05, 0) is 96.3 Å². The lowest BCUT2D eigenvalue weighted by Gasteiger charge is -2.18. The summed E-state index contributed by atoms with van der Waals surface area (Å²) >= 11 is 0. The van der Waals surface area contributed by atoms with Crippen LogP contribution in [0.3, 0.4) is 0 Å². The molecule has 0 spiro atoms. The lowest BCUT2D eigenvalue weighted by molar-refractivity contribution is -0.167. The maximum atomic E-state index is 12.9. The predicted molar refractivity (Wildman–Crippen MR) is 312 cm³/mol. The van der Waals surface area contributed by atoms with Gasteiger partial charge < -0.3 is 14.2 Å². The van der Waals surface area contributed by atoms with Crippen LogP contribution in [0.25, 0.3) is 0 Å². The molecule has 0 aromatic heterocycles. The third-order valence-corrected chi connectivity index (χ3v) is 14.0. The van der Waals surface area contributed by atoms with Crippen LogP contribution in [0.5, 0.6) is 0 Å². The molecule has 420 valence electrons. The number of carbonyl (C=O) groups excluding carboxylic acids is 3. The van der Waals surface area contributed by atoms with Crippen LogP contribution in [-0.4, -0.2) is 37.2 Å². The van der Waals surface area contributed by atoms with Gasteiger partial charge in [-0.15, -0.1) is 0 Å². The molecule has 0 radical (unpaired) electrons. The summed E-state index contributed by atoms with van der Waals surface area (Å²) in [5, 5.41) is 0. The second-order valence-corrected chi connectivity index (χ2v) is 21.3. The Morgan fingerprint density at radius 1 is 0.278 bits per heavy atom. The van der Waals surface area contributed by atoms with E-state index >= 15 is 0 Å². The van der Waals surface area contributed by atoms with Crippen molar-refractivity contribution in [3.05, 3.63) is 48.6 Å². The molecule has 1 unspecified atom stereocenters. The van der Waals surface area contributed by atoms with Crippen molar-refractivity contribution in [3.63, 3.8) is 0 Å². The van der Waals surface area contributed by atoms with E-state index in [0.29, 0.717) is 19.3 Å².